The van der Waals surface area contributed by atoms with E-state index in [1.54, 1.807) is 4.90 Å². The fraction of sp³-hybridized carbons (Fsp3) is 0.600. The average Bonchev–Trinajstić information content (AvgIpc) is 2.28. The summed E-state index contributed by atoms with van der Waals surface area (Å²) in [4.78, 5) is 16.9. The third-order valence-corrected chi connectivity index (χ3v) is 2.43. The first-order chi connectivity index (χ1) is 7.56. The second-order valence-electron chi connectivity index (χ2n) is 3.27. The van der Waals surface area contributed by atoms with E-state index >= 15 is 0 Å². The molecule has 0 aromatic carbocycles. The zero-order valence-corrected chi connectivity index (χ0v) is 9.95. The normalized spacial score (nSPS) is 10.3. The molecule has 0 radical (unpaired) electrons. The van der Waals surface area contributed by atoms with Gasteiger partial charge in [0.15, 0.2) is 5.82 Å². The Hall–Kier alpha value is -1.59. The molecule has 0 aliphatic heterocycles. The highest BCUT2D eigenvalue weighted by atomic mass is 19.1. The van der Waals surface area contributed by atoms with Crippen LogP contribution >= 0.6 is 0 Å². The molecule has 1 heterocycles. The van der Waals surface area contributed by atoms with Gasteiger partial charge in [0.25, 0.3) is 0 Å². The molecule has 0 amide bonds. The van der Waals surface area contributed by atoms with Gasteiger partial charge in [0, 0.05) is 20.1 Å². The number of halogens is 1. The largest absolute Gasteiger partial charge is 0.480 e. The minimum absolute atomic E-state index is 0.0463. The van der Waals surface area contributed by atoms with E-state index in [0.717, 1.165) is 4.57 Å². The van der Waals surface area contributed by atoms with Crippen molar-refractivity contribution >= 4 is 5.82 Å². The zero-order valence-electron chi connectivity index (χ0n) is 9.95. The van der Waals surface area contributed by atoms with E-state index in [-0.39, 0.29) is 11.7 Å². The minimum atomic E-state index is -0.603. The molecule has 0 fully saturated rings. The Bertz CT molecular complexity index is 427. The van der Waals surface area contributed by atoms with Crippen LogP contribution in [0, 0.1) is 5.82 Å². The van der Waals surface area contributed by atoms with Crippen LogP contribution in [-0.2, 0) is 7.05 Å². The highest BCUT2D eigenvalue weighted by Gasteiger charge is 2.19. The third-order valence-electron chi connectivity index (χ3n) is 2.43. The van der Waals surface area contributed by atoms with Crippen molar-refractivity contribution in [3.63, 3.8) is 0 Å². The van der Waals surface area contributed by atoms with Crippen LogP contribution in [-0.4, -0.2) is 29.8 Å². The Labute approximate surface area is 93.5 Å². The second kappa shape index (κ2) is 4.96. The van der Waals surface area contributed by atoms with Crippen LogP contribution in [0.5, 0.6) is 5.88 Å². The summed E-state index contributed by atoms with van der Waals surface area (Å²) >= 11 is 0. The summed E-state index contributed by atoms with van der Waals surface area (Å²) in [5, 5.41) is 0. The number of hydrogen-bond donors (Lipinski definition) is 0. The number of hydrogen-bond acceptors (Lipinski definition) is 4. The van der Waals surface area contributed by atoms with Gasteiger partial charge < -0.3 is 9.64 Å². The van der Waals surface area contributed by atoms with Crippen LogP contribution in [0.2, 0.25) is 0 Å². The maximum Gasteiger partial charge on any atom is 0.352 e. The second-order valence-corrected chi connectivity index (χ2v) is 3.27. The number of rotatable bonds is 4. The fourth-order valence-corrected chi connectivity index (χ4v) is 1.50. The average molecular weight is 229 g/mol. The molecule has 0 N–H and O–H groups in total. The number of anilines is 1. The molecule has 0 aliphatic rings. The van der Waals surface area contributed by atoms with Crippen molar-refractivity contribution in [2.75, 3.05) is 25.1 Å². The summed E-state index contributed by atoms with van der Waals surface area (Å²) in [6.07, 6.45) is 0. The predicted octanol–water partition coefficient (Wildman–Crippen LogP) is 0.774. The molecule has 16 heavy (non-hydrogen) atoms. The number of methoxy groups -OCH3 is 1. The lowest BCUT2D eigenvalue weighted by atomic mass is 10.4. The SMILES string of the molecule is CCN(CC)c1nc(=O)n(C)c(OC)c1F. The van der Waals surface area contributed by atoms with Crippen molar-refractivity contribution in [2.45, 2.75) is 13.8 Å². The summed E-state index contributed by atoms with van der Waals surface area (Å²) in [7, 11) is 2.74. The van der Waals surface area contributed by atoms with Crippen LogP contribution in [0.1, 0.15) is 13.8 Å². The standard InChI is InChI=1S/C10H16FN3O2/c1-5-14(6-2)8-7(11)9(16-4)13(3)10(15)12-8/h5-6H2,1-4H3. The van der Waals surface area contributed by atoms with Crippen LogP contribution in [0.15, 0.2) is 4.79 Å². The maximum absolute atomic E-state index is 13.9. The molecular formula is C10H16FN3O2. The summed E-state index contributed by atoms with van der Waals surface area (Å²) in [5.74, 6) is -0.653. The Balaban J connectivity index is 3.41. The first-order valence-electron chi connectivity index (χ1n) is 5.12. The minimum Gasteiger partial charge on any atom is -0.480 e. The van der Waals surface area contributed by atoms with Gasteiger partial charge in [-0.05, 0) is 13.8 Å². The summed E-state index contributed by atoms with van der Waals surface area (Å²) in [5.41, 5.74) is -0.528. The highest BCUT2D eigenvalue weighted by Crippen LogP contribution is 2.22. The van der Waals surface area contributed by atoms with E-state index in [9.17, 15) is 9.18 Å². The van der Waals surface area contributed by atoms with Gasteiger partial charge in [-0.25, -0.2) is 4.79 Å². The van der Waals surface area contributed by atoms with Crippen molar-refractivity contribution in [1.29, 1.82) is 0 Å². The summed E-state index contributed by atoms with van der Waals surface area (Å²) in [6, 6.07) is 0. The van der Waals surface area contributed by atoms with Gasteiger partial charge in [0.2, 0.25) is 11.7 Å². The third kappa shape index (κ3) is 2.00. The van der Waals surface area contributed by atoms with Gasteiger partial charge in [-0.2, -0.15) is 9.37 Å². The van der Waals surface area contributed by atoms with E-state index in [1.807, 2.05) is 13.8 Å². The van der Waals surface area contributed by atoms with Crippen molar-refractivity contribution in [2.24, 2.45) is 7.05 Å². The van der Waals surface area contributed by atoms with Crippen molar-refractivity contribution < 1.29 is 9.13 Å². The van der Waals surface area contributed by atoms with Crippen molar-refractivity contribution in [3.8, 4) is 5.88 Å². The van der Waals surface area contributed by atoms with Crippen molar-refractivity contribution in [3.05, 3.63) is 16.3 Å². The predicted molar refractivity (Wildman–Crippen MR) is 59.5 cm³/mol. The van der Waals surface area contributed by atoms with Crippen molar-refractivity contribution in [1.82, 2.24) is 9.55 Å². The Morgan fingerprint density at radius 2 is 2.00 bits per heavy atom. The first kappa shape index (κ1) is 12.5. The van der Waals surface area contributed by atoms with Gasteiger partial charge in [-0.15, -0.1) is 0 Å². The maximum atomic E-state index is 13.9. The van der Waals surface area contributed by atoms with Crippen LogP contribution < -0.4 is 15.3 Å². The quantitative estimate of drug-likeness (QED) is 0.765. The van der Waals surface area contributed by atoms with E-state index in [2.05, 4.69) is 4.98 Å². The van der Waals surface area contributed by atoms with E-state index < -0.39 is 11.5 Å². The smallest absolute Gasteiger partial charge is 0.352 e. The highest BCUT2D eigenvalue weighted by molar-refractivity contribution is 5.43. The number of aromatic nitrogens is 2. The lowest BCUT2D eigenvalue weighted by Crippen LogP contribution is -2.31. The first-order valence-corrected chi connectivity index (χ1v) is 5.12. The Kier molecular flexibility index (Phi) is 3.87. The Morgan fingerprint density at radius 3 is 2.44 bits per heavy atom. The summed E-state index contributed by atoms with van der Waals surface area (Å²) in [6.45, 7) is 4.90. The monoisotopic (exact) mass is 229 g/mol. The van der Waals surface area contributed by atoms with Crippen LogP contribution in [0.4, 0.5) is 10.2 Å². The molecule has 6 heteroatoms. The van der Waals surface area contributed by atoms with Crippen LogP contribution in [0.3, 0.4) is 0 Å². The van der Waals surface area contributed by atoms with E-state index in [0.29, 0.717) is 13.1 Å². The molecular weight excluding hydrogens is 213 g/mol. The summed E-state index contributed by atoms with van der Waals surface area (Å²) < 4.78 is 19.9. The molecule has 0 spiro atoms. The van der Waals surface area contributed by atoms with Gasteiger partial charge in [0.05, 0.1) is 7.11 Å². The molecule has 1 aromatic heterocycles. The lowest BCUT2D eigenvalue weighted by molar-refractivity contribution is 0.344. The molecule has 0 saturated heterocycles. The number of ether oxygens (including phenoxy) is 1. The van der Waals surface area contributed by atoms with Gasteiger partial charge >= 0.3 is 5.69 Å². The molecule has 0 bridgehead atoms. The topological polar surface area (TPSA) is 47.4 Å². The van der Waals surface area contributed by atoms with Gasteiger partial charge in [0.1, 0.15) is 0 Å². The number of nitrogens with zero attached hydrogens (tertiary/aromatic N) is 3. The Morgan fingerprint density at radius 1 is 1.44 bits per heavy atom. The van der Waals surface area contributed by atoms with Gasteiger partial charge in [-0.1, -0.05) is 0 Å². The fourth-order valence-electron chi connectivity index (χ4n) is 1.50. The zero-order chi connectivity index (χ0) is 12.3. The molecule has 1 aromatic rings. The van der Waals surface area contributed by atoms with Crippen LogP contribution in [0.25, 0.3) is 0 Å². The van der Waals surface area contributed by atoms with Gasteiger partial charge in [-0.3, -0.25) is 4.57 Å². The molecule has 90 valence electrons. The molecule has 5 nitrogen and oxygen atoms in total. The van der Waals surface area contributed by atoms with E-state index in [4.69, 9.17) is 4.74 Å². The molecule has 0 atom stereocenters. The molecule has 0 aliphatic carbocycles. The molecule has 0 unspecified atom stereocenters. The molecule has 1 rings (SSSR count). The molecule has 0 saturated carbocycles. The lowest BCUT2D eigenvalue weighted by Gasteiger charge is -2.21. The van der Waals surface area contributed by atoms with E-state index in [1.165, 1.54) is 14.2 Å².